The van der Waals surface area contributed by atoms with Crippen molar-refractivity contribution < 1.29 is 28.6 Å². The molecular weight excluding hydrogens is 472 g/mol. The predicted octanol–water partition coefficient (Wildman–Crippen LogP) is 4.93. The molecule has 37 heavy (non-hydrogen) atoms. The van der Waals surface area contributed by atoms with Gasteiger partial charge in [0.25, 0.3) is 5.91 Å². The third kappa shape index (κ3) is 4.49. The standard InChI is InChI=1S/C29H30N2O6/c1-4-5-17-36-23-16-11-19(18-24(23)35-3)26-25-27(37-31(26)21-9-7-6-8-10-21)29(33)30(28(25)32)20-12-14-22(34-2)15-13-20/h6-16,18,25-27H,4-5,17H2,1-3H3/t25-,26+,27-/m0/s1. The van der Waals surface area contributed by atoms with Gasteiger partial charge in [0.15, 0.2) is 17.6 Å². The summed E-state index contributed by atoms with van der Waals surface area (Å²) in [5.41, 5.74) is 2.02. The van der Waals surface area contributed by atoms with Crippen LogP contribution in [-0.4, -0.2) is 38.7 Å². The normalized spacial score (nSPS) is 20.8. The van der Waals surface area contributed by atoms with Gasteiger partial charge < -0.3 is 14.2 Å². The van der Waals surface area contributed by atoms with E-state index in [1.807, 2.05) is 48.5 Å². The lowest BCUT2D eigenvalue weighted by atomic mass is 9.90. The van der Waals surface area contributed by atoms with Gasteiger partial charge in [0.05, 0.1) is 38.2 Å². The summed E-state index contributed by atoms with van der Waals surface area (Å²) < 4.78 is 16.8. The highest BCUT2D eigenvalue weighted by molar-refractivity contribution is 6.23. The molecule has 8 heteroatoms. The summed E-state index contributed by atoms with van der Waals surface area (Å²) in [5.74, 6) is 0.386. The Morgan fingerprint density at radius 2 is 1.59 bits per heavy atom. The number of unbranched alkanes of at least 4 members (excludes halogenated alkanes) is 1. The molecule has 0 aromatic heterocycles. The zero-order valence-electron chi connectivity index (χ0n) is 21.1. The molecule has 8 nitrogen and oxygen atoms in total. The van der Waals surface area contributed by atoms with Crippen LogP contribution in [0, 0.1) is 5.92 Å². The number of carbonyl (C=O) groups is 2. The summed E-state index contributed by atoms with van der Waals surface area (Å²) in [5, 5.41) is 1.67. The molecule has 0 N–H and O–H groups in total. The number of imide groups is 1. The van der Waals surface area contributed by atoms with Crippen LogP contribution >= 0.6 is 0 Å². The Labute approximate surface area is 216 Å². The van der Waals surface area contributed by atoms with E-state index in [9.17, 15) is 9.59 Å². The highest BCUT2D eigenvalue weighted by Gasteiger charge is 2.60. The number of hydrogen-bond acceptors (Lipinski definition) is 7. The van der Waals surface area contributed by atoms with Crippen molar-refractivity contribution in [3.05, 3.63) is 78.4 Å². The lowest BCUT2D eigenvalue weighted by Gasteiger charge is -2.29. The predicted molar refractivity (Wildman–Crippen MR) is 139 cm³/mol. The van der Waals surface area contributed by atoms with Gasteiger partial charge >= 0.3 is 0 Å². The number of nitrogens with zero attached hydrogens (tertiary/aromatic N) is 2. The molecular formula is C29H30N2O6. The van der Waals surface area contributed by atoms with Gasteiger partial charge in [-0.25, -0.2) is 9.96 Å². The van der Waals surface area contributed by atoms with Crippen LogP contribution in [0.3, 0.4) is 0 Å². The summed E-state index contributed by atoms with van der Waals surface area (Å²) >= 11 is 0. The van der Waals surface area contributed by atoms with Crippen molar-refractivity contribution in [1.29, 1.82) is 0 Å². The SMILES string of the molecule is CCCCOc1ccc([C@@H]2[C@@H]3C(=O)N(c4ccc(OC)cc4)C(=O)[C@H]3ON2c2ccccc2)cc1OC. The van der Waals surface area contributed by atoms with E-state index in [2.05, 4.69) is 6.92 Å². The van der Waals surface area contributed by atoms with Crippen LogP contribution in [0.4, 0.5) is 11.4 Å². The Kier molecular flexibility index (Phi) is 7.01. The molecule has 0 saturated carbocycles. The van der Waals surface area contributed by atoms with Gasteiger partial charge in [0.1, 0.15) is 11.7 Å². The number of anilines is 2. The monoisotopic (exact) mass is 502 g/mol. The molecule has 0 radical (unpaired) electrons. The lowest BCUT2D eigenvalue weighted by molar-refractivity contribution is -0.126. The summed E-state index contributed by atoms with van der Waals surface area (Å²) in [4.78, 5) is 34.8. The summed E-state index contributed by atoms with van der Waals surface area (Å²) in [6.45, 7) is 2.69. The number of carbonyl (C=O) groups excluding carboxylic acids is 2. The first-order chi connectivity index (χ1) is 18.1. The molecule has 5 rings (SSSR count). The fourth-order valence-corrected chi connectivity index (χ4v) is 4.85. The van der Waals surface area contributed by atoms with E-state index in [4.69, 9.17) is 19.0 Å². The van der Waals surface area contributed by atoms with Crippen LogP contribution in [-0.2, 0) is 14.4 Å². The largest absolute Gasteiger partial charge is 0.497 e. The molecule has 2 aliphatic rings. The van der Waals surface area contributed by atoms with E-state index in [0.717, 1.165) is 24.1 Å². The number of benzene rings is 3. The molecule has 0 unspecified atom stereocenters. The molecule has 3 aromatic rings. The molecule has 0 aliphatic carbocycles. The third-order valence-corrected chi connectivity index (χ3v) is 6.74. The Hall–Kier alpha value is -4.04. The molecule has 2 aliphatic heterocycles. The van der Waals surface area contributed by atoms with Crippen LogP contribution in [0.2, 0.25) is 0 Å². The Balaban J connectivity index is 1.53. The number of ether oxygens (including phenoxy) is 3. The number of para-hydroxylation sites is 1. The van der Waals surface area contributed by atoms with Gasteiger partial charge in [-0.3, -0.25) is 14.4 Å². The van der Waals surface area contributed by atoms with Gasteiger partial charge in [-0.1, -0.05) is 37.6 Å². The van der Waals surface area contributed by atoms with Crippen LogP contribution < -0.4 is 24.2 Å². The van der Waals surface area contributed by atoms with Crippen molar-refractivity contribution >= 4 is 23.2 Å². The topological polar surface area (TPSA) is 77.5 Å². The van der Waals surface area contributed by atoms with Gasteiger partial charge in [-0.15, -0.1) is 0 Å². The molecule has 2 amide bonds. The number of methoxy groups -OCH3 is 2. The zero-order valence-corrected chi connectivity index (χ0v) is 21.1. The van der Waals surface area contributed by atoms with Crippen molar-refractivity contribution in [2.24, 2.45) is 5.92 Å². The quantitative estimate of drug-likeness (QED) is 0.303. The second-order valence-electron chi connectivity index (χ2n) is 8.98. The maximum atomic E-state index is 13.8. The number of rotatable bonds is 9. The second-order valence-corrected chi connectivity index (χ2v) is 8.98. The second kappa shape index (κ2) is 10.5. The van der Waals surface area contributed by atoms with Crippen LogP contribution in [0.1, 0.15) is 31.4 Å². The Morgan fingerprint density at radius 3 is 2.27 bits per heavy atom. The zero-order chi connectivity index (χ0) is 25.9. The highest BCUT2D eigenvalue weighted by Crippen LogP contribution is 2.48. The molecule has 192 valence electrons. The van der Waals surface area contributed by atoms with Crippen molar-refractivity contribution in [2.75, 3.05) is 30.8 Å². The summed E-state index contributed by atoms with van der Waals surface area (Å²) in [7, 11) is 3.15. The first-order valence-electron chi connectivity index (χ1n) is 12.4. The molecule has 0 spiro atoms. The highest BCUT2D eigenvalue weighted by atomic mass is 16.7. The van der Waals surface area contributed by atoms with E-state index in [0.29, 0.717) is 29.5 Å². The summed E-state index contributed by atoms with van der Waals surface area (Å²) in [6, 6.07) is 21.4. The fraction of sp³-hybridized carbons (Fsp3) is 0.310. The minimum atomic E-state index is -0.953. The average molecular weight is 503 g/mol. The maximum Gasteiger partial charge on any atom is 0.266 e. The minimum absolute atomic E-state index is 0.314. The smallest absolute Gasteiger partial charge is 0.266 e. The minimum Gasteiger partial charge on any atom is -0.497 e. The first-order valence-corrected chi connectivity index (χ1v) is 12.4. The molecule has 3 aromatic carbocycles. The van der Waals surface area contributed by atoms with Gasteiger partial charge in [-0.05, 0) is 60.5 Å². The van der Waals surface area contributed by atoms with E-state index in [1.54, 1.807) is 43.5 Å². The molecule has 2 fully saturated rings. The molecule has 0 bridgehead atoms. The van der Waals surface area contributed by atoms with Crippen molar-refractivity contribution in [3.8, 4) is 17.2 Å². The van der Waals surface area contributed by atoms with E-state index >= 15 is 0 Å². The molecule has 2 saturated heterocycles. The Bertz CT molecular complexity index is 1260. The van der Waals surface area contributed by atoms with E-state index < -0.39 is 24.0 Å². The fourth-order valence-electron chi connectivity index (χ4n) is 4.85. The van der Waals surface area contributed by atoms with Crippen LogP contribution in [0.5, 0.6) is 17.2 Å². The summed E-state index contributed by atoms with van der Waals surface area (Å²) in [6.07, 6.45) is 1.01. The average Bonchev–Trinajstić information content (AvgIpc) is 3.45. The van der Waals surface area contributed by atoms with Gasteiger partial charge in [0, 0.05) is 0 Å². The van der Waals surface area contributed by atoms with Gasteiger partial charge in [-0.2, -0.15) is 0 Å². The van der Waals surface area contributed by atoms with Crippen LogP contribution in [0.15, 0.2) is 72.8 Å². The number of hydrogen-bond donors (Lipinski definition) is 0. The van der Waals surface area contributed by atoms with E-state index in [1.165, 1.54) is 4.90 Å². The molecule has 3 atom stereocenters. The number of amides is 2. The van der Waals surface area contributed by atoms with Crippen molar-refractivity contribution in [3.63, 3.8) is 0 Å². The first kappa shape index (κ1) is 24.6. The van der Waals surface area contributed by atoms with Crippen molar-refractivity contribution in [2.45, 2.75) is 31.9 Å². The number of fused-ring (bicyclic) bond motifs is 1. The van der Waals surface area contributed by atoms with Crippen molar-refractivity contribution in [1.82, 2.24) is 0 Å². The van der Waals surface area contributed by atoms with Gasteiger partial charge in [0.2, 0.25) is 5.91 Å². The van der Waals surface area contributed by atoms with Crippen LogP contribution in [0.25, 0.3) is 0 Å². The Morgan fingerprint density at radius 1 is 0.838 bits per heavy atom. The van der Waals surface area contributed by atoms with E-state index in [-0.39, 0.29) is 5.91 Å². The lowest BCUT2D eigenvalue weighted by Crippen LogP contribution is -2.37. The third-order valence-electron chi connectivity index (χ3n) is 6.74. The maximum absolute atomic E-state index is 13.8. The number of hydroxylamine groups is 1. The molecule has 2 heterocycles.